The molecule has 2 heterocycles. The van der Waals surface area contributed by atoms with E-state index in [1.807, 2.05) is 37.1 Å². The van der Waals surface area contributed by atoms with Crippen molar-refractivity contribution >= 4 is 28.7 Å². The van der Waals surface area contributed by atoms with Gasteiger partial charge in [0.25, 0.3) is 5.69 Å². The van der Waals surface area contributed by atoms with Crippen LogP contribution in [-0.2, 0) is 4.79 Å². The Bertz CT molecular complexity index is 930. The summed E-state index contributed by atoms with van der Waals surface area (Å²) in [7, 11) is 1.95. The molecule has 0 aliphatic carbocycles. The zero-order chi connectivity index (χ0) is 19.8. The highest BCUT2D eigenvalue weighted by Crippen LogP contribution is 2.48. The number of para-hydroxylation sites is 1. The van der Waals surface area contributed by atoms with Crippen LogP contribution in [0.1, 0.15) is 37.8 Å². The second-order valence-corrected chi connectivity index (χ2v) is 7.40. The Morgan fingerprint density at radius 2 is 2.00 bits per heavy atom. The number of anilines is 3. The van der Waals surface area contributed by atoms with Crippen LogP contribution in [0.15, 0.2) is 42.5 Å². The number of hydrogen-bond acceptors (Lipinski definition) is 5. The van der Waals surface area contributed by atoms with Crippen LogP contribution in [0, 0.1) is 10.1 Å². The van der Waals surface area contributed by atoms with E-state index < -0.39 is 0 Å². The van der Waals surface area contributed by atoms with Gasteiger partial charge >= 0.3 is 0 Å². The molecule has 4 rings (SSSR count). The van der Waals surface area contributed by atoms with Gasteiger partial charge in [0.15, 0.2) is 0 Å². The smallest absolute Gasteiger partial charge is 0.271 e. The van der Waals surface area contributed by atoms with E-state index in [2.05, 4.69) is 22.3 Å². The Balaban J connectivity index is 1.80. The van der Waals surface area contributed by atoms with Crippen LogP contribution in [0.4, 0.5) is 22.7 Å². The first-order chi connectivity index (χ1) is 13.5. The summed E-state index contributed by atoms with van der Waals surface area (Å²) < 4.78 is 0. The molecule has 2 aromatic carbocycles. The van der Waals surface area contributed by atoms with Gasteiger partial charge in [-0.3, -0.25) is 14.9 Å². The van der Waals surface area contributed by atoms with E-state index in [-0.39, 0.29) is 28.6 Å². The maximum Gasteiger partial charge on any atom is 0.271 e. The lowest BCUT2D eigenvalue weighted by Crippen LogP contribution is -2.46. The van der Waals surface area contributed by atoms with Crippen molar-refractivity contribution in [2.45, 2.75) is 38.3 Å². The third-order valence-electron chi connectivity index (χ3n) is 5.79. The van der Waals surface area contributed by atoms with Crippen LogP contribution in [0.2, 0.25) is 0 Å². The number of amides is 1. The van der Waals surface area contributed by atoms with Crippen molar-refractivity contribution in [2.24, 2.45) is 0 Å². The molecule has 2 atom stereocenters. The van der Waals surface area contributed by atoms with E-state index in [9.17, 15) is 14.9 Å². The topological polar surface area (TPSA) is 78.7 Å². The van der Waals surface area contributed by atoms with Crippen molar-refractivity contribution in [2.75, 3.05) is 23.4 Å². The summed E-state index contributed by atoms with van der Waals surface area (Å²) >= 11 is 0. The van der Waals surface area contributed by atoms with Gasteiger partial charge in [-0.25, -0.2) is 0 Å². The Kier molecular flexibility index (Phi) is 4.66. The van der Waals surface area contributed by atoms with E-state index in [1.54, 1.807) is 12.1 Å². The van der Waals surface area contributed by atoms with Crippen LogP contribution in [-0.4, -0.2) is 30.5 Å². The minimum absolute atomic E-state index is 0.0773. The molecule has 0 unspecified atom stereocenters. The molecule has 7 nitrogen and oxygen atoms in total. The van der Waals surface area contributed by atoms with Gasteiger partial charge < -0.3 is 15.1 Å². The molecule has 0 radical (unpaired) electrons. The minimum atomic E-state index is -0.352. The van der Waals surface area contributed by atoms with E-state index in [0.717, 1.165) is 36.4 Å². The second kappa shape index (κ2) is 7.14. The van der Waals surface area contributed by atoms with Crippen LogP contribution in [0.25, 0.3) is 0 Å². The molecule has 1 fully saturated rings. The maximum absolute atomic E-state index is 11.9. The number of hydrogen-bond donors (Lipinski definition) is 1. The number of piperidine rings is 1. The lowest BCUT2D eigenvalue weighted by Gasteiger charge is -2.41. The first-order valence-corrected chi connectivity index (χ1v) is 9.66. The van der Waals surface area contributed by atoms with Gasteiger partial charge in [0.05, 0.1) is 22.3 Å². The molecular weight excluding hydrogens is 356 g/mol. The monoisotopic (exact) mass is 380 g/mol. The summed E-state index contributed by atoms with van der Waals surface area (Å²) in [5, 5.41) is 14.5. The van der Waals surface area contributed by atoms with Crippen molar-refractivity contribution in [3.05, 3.63) is 58.1 Å². The van der Waals surface area contributed by atoms with Gasteiger partial charge in [0.1, 0.15) is 0 Å². The quantitative estimate of drug-likeness (QED) is 0.645. The maximum atomic E-state index is 11.9. The third-order valence-corrected chi connectivity index (χ3v) is 5.79. The molecule has 2 aromatic rings. The average Bonchev–Trinajstić information content (AvgIpc) is 2.81. The minimum Gasteiger partial charge on any atom is -0.363 e. The van der Waals surface area contributed by atoms with E-state index in [4.69, 9.17) is 0 Å². The highest BCUT2D eigenvalue weighted by molar-refractivity contribution is 5.83. The third kappa shape index (κ3) is 3.06. The number of carbonyl (C=O) groups excluding carboxylic acids is 1. The zero-order valence-electron chi connectivity index (χ0n) is 16.1. The fourth-order valence-electron chi connectivity index (χ4n) is 4.35. The van der Waals surface area contributed by atoms with E-state index >= 15 is 0 Å². The lowest BCUT2D eigenvalue weighted by molar-refractivity contribution is -0.384. The normalized spacial score (nSPS) is 20.5. The summed E-state index contributed by atoms with van der Waals surface area (Å²) in [5.41, 5.74) is 4.14. The second-order valence-electron chi connectivity index (χ2n) is 7.40. The van der Waals surface area contributed by atoms with Crippen molar-refractivity contribution in [3.8, 4) is 0 Å². The van der Waals surface area contributed by atoms with E-state index in [0.29, 0.717) is 6.42 Å². The summed E-state index contributed by atoms with van der Waals surface area (Å²) in [6, 6.07) is 13.5. The number of nitro groups is 1. The Morgan fingerprint density at radius 1 is 1.21 bits per heavy atom. The number of benzene rings is 2. The summed E-state index contributed by atoms with van der Waals surface area (Å²) in [6.45, 7) is 2.65. The number of non-ortho nitro benzene ring substituents is 1. The molecular formula is C21H24N4O3. The van der Waals surface area contributed by atoms with Crippen LogP contribution in [0.5, 0.6) is 0 Å². The molecule has 2 aliphatic rings. The predicted octanol–water partition coefficient (Wildman–Crippen LogP) is 3.91. The predicted molar refractivity (Wildman–Crippen MR) is 109 cm³/mol. The standard InChI is InChI=1S/C21H24N4O3/c1-3-21(26)22-14-10-11-24-18-9-8-15(25(27)28)13-20(18)23(2)17-7-5-4-6-16(17)19(24)12-14/h4-9,13-14,19H,3,10-12H2,1-2H3,(H,22,26)/t14-,19-/m1/s1. The van der Waals surface area contributed by atoms with Crippen molar-refractivity contribution in [1.29, 1.82) is 0 Å². The molecule has 7 heteroatoms. The molecule has 0 spiro atoms. The molecule has 0 saturated carbocycles. The Labute approximate surface area is 164 Å². The summed E-state index contributed by atoms with van der Waals surface area (Å²) in [6.07, 6.45) is 2.15. The number of fused-ring (bicyclic) bond motifs is 5. The highest BCUT2D eigenvalue weighted by Gasteiger charge is 2.36. The van der Waals surface area contributed by atoms with Gasteiger partial charge in [0.2, 0.25) is 5.91 Å². The van der Waals surface area contributed by atoms with Crippen molar-refractivity contribution < 1.29 is 9.72 Å². The number of carbonyl (C=O) groups is 1. The first-order valence-electron chi connectivity index (χ1n) is 9.66. The van der Waals surface area contributed by atoms with Gasteiger partial charge in [-0.15, -0.1) is 0 Å². The van der Waals surface area contributed by atoms with Gasteiger partial charge in [-0.1, -0.05) is 25.1 Å². The average molecular weight is 380 g/mol. The Hall–Kier alpha value is -3.09. The fraction of sp³-hybridized carbons (Fsp3) is 0.381. The molecule has 1 amide bonds. The molecule has 0 bridgehead atoms. The molecule has 28 heavy (non-hydrogen) atoms. The van der Waals surface area contributed by atoms with Crippen molar-refractivity contribution in [3.63, 3.8) is 0 Å². The van der Waals surface area contributed by atoms with Crippen LogP contribution < -0.4 is 15.1 Å². The van der Waals surface area contributed by atoms with Gasteiger partial charge in [-0.05, 0) is 30.5 Å². The molecule has 0 aromatic heterocycles. The molecule has 146 valence electrons. The first kappa shape index (κ1) is 18.3. The fourth-order valence-corrected chi connectivity index (χ4v) is 4.35. The highest BCUT2D eigenvalue weighted by atomic mass is 16.6. The Morgan fingerprint density at radius 3 is 2.75 bits per heavy atom. The summed E-state index contributed by atoms with van der Waals surface area (Å²) in [4.78, 5) is 27.2. The molecule has 2 aliphatic heterocycles. The number of nitrogens with zero attached hydrogens (tertiary/aromatic N) is 3. The van der Waals surface area contributed by atoms with Crippen LogP contribution >= 0.6 is 0 Å². The van der Waals surface area contributed by atoms with E-state index in [1.165, 1.54) is 5.56 Å². The SMILES string of the molecule is CCC(=O)N[C@@H]1CCN2c3ccc([N+](=O)[O-])cc3N(C)c3ccccc3[C@H]2C1. The van der Waals surface area contributed by atoms with Crippen molar-refractivity contribution in [1.82, 2.24) is 5.32 Å². The number of nitro benzene ring substituents is 1. The zero-order valence-corrected chi connectivity index (χ0v) is 16.1. The number of nitrogens with one attached hydrogen (secondary N) is 1. The largest absolute Gasteiger partial charge is 0.363 e. The molecule has 1 saturated heterocycles. The van der Waals surface area contributed by atoms with Gasteiger partial charge in [0, 0.05) is 43.9 Å². The van der Waals surface area contributed by atoms with Gasteiger partial charge in [-0.2, -0.15) is 0 Å². The molecule has 1 N–H and O–H groups in total. The van der Waals surface area contributed by atoms with Crippen LogP contribution in [0.3, 0.4) is 0 Å². The number of rotatable bonds is 3. The summed E-state index contributed by atoms with van der Waals surface area (Å²) in [5.74, 6) is 0.0773. The lowest BCUT2D eigenvalue weighted by atomic mass is 9.90.